The monoisotopic (exact) mass is 209 g/mol. The van der Waals surface area contributed by atoms with Crippen molar-refractivity contribution in [3.63, 3.8) is 0 Å². The van der Waals surface area contributed by atoms with Crippen molar-refractivity contribution in [1.82, 2.24) is 9.97 Å². The van der Waals surface area contributed by atoms with E-state index in [2.05, 4.69) is 29.1 Å². The predicted molar refractivity (Wildman–Crippen MR) is 61.3 cm³/mol. The Hall–Kier alpha value is -1.32. The van der Waals surface area contributed by atoms with Gasteiger partial charge in [0.1, 0.15) is 0 Å². The van der Waals surface area contributed by atoms with E-state index >= 15 is 0 Å². The Morgan fingerprint density at radius 3 is 2.47 bits per heavy atom. The topological polar surface area (TPSA) is 58.0 Å². The summed E-state index contributed by atoms with van der Waals surface area (Å²) in [6, 6.07) is 0. The molecule has 0 aliphatic heterocycles. The number of nitrogens with zero attached hydrogens (tertiary/aromatic N) is 2. The van der Waals surface area contributed by atoms with Crippen molar-refractivity contribution < 1.29 is 5.11 Å². The molecule has 2 N–H and O–H groups in total. The average molecular weight is 209 g/mol. The second-order valence-electron chi connectivity index (χ2n) is 3.71. The smallest absolute Gasteiger partial charge is 0.226 e. The Morgan fingerprint density at radius 2 is 2.00 bits per heavy atom. The van der Waals surface area contributed by atoms with E-state index in [-0.39, 0.29) is 5.88 Å². The summed E-state index contributed by atoms with van der Waals surface area (Å²) in [6.45, 7) is 8.78. The van der Waals surface area contributed by atoms with Gasteiger partial charge >= 0.3 is 0 Å². The molecule has 1 heterocycles. The van der Waals surface area contributed by atoms with Gasteiger partial charge in [-0.2, -0.15) is 4.98 Å². The van der Waals surface area contributed by atoms with E-state index in [1.807, 2.05) is 13.8 Å². The molecule has 0 radical (unpaired) electrons. The first-order valence-corrected chi connectivity index (χ1v) is 5.41. The van der Waals surface area contributed by atoms with E-state index in [0.29, 0.717) is 11.9 Å². The Morgan fingerprint density at radius 1 is 1.33 bits per heavy atom. The fourth-order valence-electron chi connectivity index (χ4n) is 1.58. The predicted octanol–water partition coefficient (Wildman–Crippen LogP) is 2.44. The van der Waals surface area contributed by atoms with Gasteiger partial charge in [0.2, 0.25) is 11.8 Å². The fraction of sp³-hybridized carbons (Fsp3) is 0.636. The number of hydrogen-bond acceptors (Lipinski definition) is 4. The third kappa shape index (κ3) is 2.58. The van der Waals surface area contributed by atoms with Crippen molar-refractivity contribution in [3.8, 4) is 5.88 Å². The molecule has 0 saturated carbocycles. The molecular weight excluding hydrogens is 190 g/mol. The Kier molecular flexibility index (Phi) is 3.88. The lowest BCUT2D eigenvalue weighted by Crippen LogP contribution is -2.07. The molecule has 0 aromatic carbocycles. The second-order valence-corrected chi connectivity index (χ2v) is 3.71. The van der Waals surface area contributed by atoms with Crippen LogP contribution in [0.15, 0.2) is 0 Å². The van der Waals surface area contributed by atoms with E-state index in [4.69, 9.17) is 0 Å². The normalized spacial score (nSPS) is 12.5. The molecule has 1 aromatic rings. The summed E-state index contributed by atoms with van der Waals surface area (Å²) in [4.78, 5) is 8.34. The van der Waals surface area contributed by atoms with Crippen molar-refractivity contribution in [2.75, 3.05) is 11.9 Å². The van der Waals surface area contributed by atoms with Crippen LogP contribution >= 0.6 is 0 Å². The molecule has 1 rings (SSSR count). The molecule has 0 bridgehead atoms. The maximum atomic E-state index is 9.81. The SMILES string of the molecule is CCNc1nc(C)c(C(C)CC)c(O)n1. The van der Waals surface area contributed by atoms with Gasteiger partial charge in [-0.05, 0) is 26.2 Å². The first-order valence-electron chi connectivity index (χ1n) is 5.41. The zero-order valence-corrected chi connectivity index (χ0v) is 9.83. The van der Waals surface area contributed by atoms with Crippen LogP contribution in [-0.2, 0) is 0 Å². The van der Waals surface area contributed by atoms with Gasteiger partial charge in [0.05, 0.1) is 5.69 Å². The first-order chi connectivity index (χ1) is 7.10. The molecule has 84 valence electrons. The number of nitrogens with one attached hydrogen (secondary N) is 1. The summed E-state index contributed by atoms with van der Waals surface area (Å²) in [7, 11) is 0. The van der Waals surface area contributed by atoms with Gasteiger partial charge in [-0.1, -0.05) is 13.8 Å². The van der Waals surface area contributed by atoms with Crippen LogP contribution in [0.5, 0.6) is 5.88 Å². The first kappa shape index (κ1) is 11.8. The molecule has 0 amide bonds. The van der Waals surface area contributed by atoms with Crippen LogP contribution in [-0.4, -0.2) is 21.6 Å². The molecular formula is C11H19N3O. The highest BCUT2D eigenvalue weighted by Crippen LogP contribution is 2.29. The molecule has 0 aliphatic rings. The zero-order valence-electron chi connectivity index (χ0n) is 9.83. The third-order valence-corrected chi connectivity index (χ3v) is 2.56. The van der Waals surface area contributed by atoms with Crippen molar-refractivity contribution in [2.24, 2.45) is 0 Å². The highest BCUT2D eigenvalue weighted by Gasteiger charge is 2.15. The zero-order chi connectivity index (χ0) is 11.4. The second kappa shape index (κ2) is 4.96. The molecule has 4 nitrogen and oxygen atoms in total. The van der Waals surface area contributed by atoms with E-state index < -0.39 is 0 Å². The minimum Gasteiger partial charge on any atom is -0.493 e. The van der Waals surface area contributed by atoms with E-state index in [1.165, 1.54) is 0 Å². The van der Waals surface area contributed by atoms with Crippen LogP contribution < -0.4 is 5.32 Å². The maximum Gasteiger partial charge on any atom is 0.226 e. The van der Waals surface area contributed by atoms with Crippen molar-refractivity contribution >= 4 is 5.95 Å². The van der Waals surface area contributed by atoms with Crippen LogP contribution in [0.25, 0.3) is 0 Å². The highest BCUT2D eigenvalue weighted by molar-refractivity contribution is 5.39. The Bertz CT molecular complexity index is 316. The average Bonchev–Trinajstić information content (AvgIpc) is 2.16. The lowest BCUT2D eigenvalue weighted by molar-refractivity contribution is 0.437. The Balaban J connectivity index is 3.09. The minimum absolute atomic E-state index is 0.104. The quantitative estimate of drug-likeness (QED) is 0.799. The number of hydrogen-bond donors (Lipinski definition) is 2. The molecule has 15 heavy (non-hydrogen) atoms. The van der Waals surface area contributed by atoms with Crippen molar-refractivity contribution in [1.29, 1.82) is 0 Å². The molecule has 1 unspecified atom stereocenters. The van der Waals surface area contributed by atoms with E-state index in [0.717, 1.165) is 24.2 Å². The number of aromatic nitrogens is 2. The van der Waals surface area contributed by atoms with Gasteiger partial charge in [0, 0.05) is 12.1 Å². The molecule has 1 aromatic heterocycles. The van der Waals surface area contributed by atoms with Crippen molar-refractivity contribution in [2.45, 2.75) is 40.0 Å². The summed E-state index contributed by atoms with van der Waals surface area (Å²) in [6.07, 6.45) is 0.971. The third-order valence-electron chi connectivity index (χ3n) is 2.56. The molecule has 0 spiro atoms. The van der Waals surface area contributed by atoms with Crippen LogP contribution in [0.2, 0.25) is 0 Å². The van der Waals surface area contributed by atoms with Crippen LogP contribution in [0.1, 0.15) is 44.4 Å². The number of anilines is 1. The summed E-state index contributed by atoms with van der Waals surface area (Å²) in [5.41, 5.74) is 1.71. The van der Waals surface area contributed by atoms with Gasteiger partial charge in [-0.15, -0.1) is 0 Å². The summed E-state index contributed by atoms with van der Waals surface area (Å²) in [5.74, 6) is 0.896. The number of rotatable bonds is 4. The highest BCUT2D eigenvalue weighted by atomic mass is 16.3. The number of aryl methyl sites for hydroxylation is 1. The lowest BCUT2D eigenvalue weighted by atomic mass is 9.98. The van der Waals surface area contributed by atoms with Crippen LogP contribution in [0.4, 0.5) is 5.95 Å². The lowest BCUT2D eigenvalue weighted by Gasteiger charge is -2.14. The molecule has 4 heteroatoms. The largest absolute Gasteiger partial charge is 0.493 e. The maximum absolute atomic E-state index is 9.81. The van der Waals surface area contributed by atoms with Gasteiger partial charge in [0.15, 0.2) is 0 Å². The van der Waals surface area contributed by atoms with Gasteiger partial charge in [-0.25, -0.2) is 4.98 Å². The van der Waals surface area contributed by atoms with E-state index in [9.17, 15) is 5.11 Å². The minimum atomic E-state index is 0.104. The standard InChI is InChI=1S/C11H19N3O/c1-5-7(3)9-8(4)13-11(12-6-2)14-10(9)15/h7H,5-6H2,1-4H3,(H2,12,13,14,15). The van der Waals surface area contributed by atoms with Crippen LogP contribution in [0, 0.1) is 6.92 Å². The van der Waals surface area contributed by atoms with Crippen LogP contribution in [0.3, 0.4) is 0 Å². The Labute approximate surface area is 90.8 Å². The van der Waals surface area contributed by atoms with Crippen molar-refractivity contribution in [3.05, 3.63) is 11.3 Å². The van der Waals surface area contributed by atoms with Gasteiger partial charge < -0.3 is 10.4 Å². The molecule has 1 atom stereocenters. The summed E-state index contributed by atoms with van der Waals surface area (Å²) >= 11 is 0. The molecule has 0 saturated heterocycles. The fourth-order valence-corrected chi connectivity index (χ4v) is 1.58. The van der Waals surface area contributed by atoms with Gasteiger partial charge in [-0.3, -0.25) is 0 Å². The summed E-state index contributed by atoms with van der Waals surface area (Å²) < 4.78 is 0. The molecule has 0 fully saturated rings. The number of aromatic hydroxyl groups is 1. The van der Waals surface area contributed by atoms with Gasteiger partial charge in [0.25, 0.3) is 0 Å². The van der Waals surface area contributed by atoms with E-state index in [1.54, 1.807) is 0 Å². The molecule has 0 aliphatic carbocycles. The summed E-state index contributed by atoms with van der Waals surface area (Å²) in [5, 5.41) is 12.8.